The Morgan fingerprint density at radius 1 is 1.15 bits per heavy atom. The Morgan fingerprint density at radius 3 is 2.45 bits per heavy atom. The summed E-state index contributed by atoms with van der Waals surface area (Å²) in [5, 5.41) is 20.2. The molecule has 11 heteroatoms. The van der Waals surface area contributed by atoms with Crippen LogP contribution in [0, 0.1) is 0 Å². The molecule has 33 heavy (non-hydrogen) atoms. The number of alkyl carbamates (subject to hydrolysis) is 1. The molecule has 0 fully saturated rings. The summed E-state index contributed by atoms with van der Waals surface area (Å²) >= 11 is 0. The van der Waals surface area contributed by atoms with Gasteiger partial charge in [-0.25, -0.2) is 14.5 Å². The maximum atomic E-state index is 13.1. The SMILES string of the molecule is CC(C)(C)OC(=O)NCc1nn(-c2ccc(OC(C)(F)F)cc2)c2nccc(NCCO)c12. The van der Waals surface area contributed by atoms with Crippen molar-refractivity contribution >= 4 is 22.8 Å². The first-order valence-electron chi connectivity index (χ1n) is 10.3. The number of carbonyl (C=O) groups is 1. The van der Waals surface area contributed by atoms with Crippen molar-refractivity contribution in [3.05, 3.63) is 42.2 Å². The highest BCUT2D eigenvalue weighted by Gasteiger charge is 2.23. The first-order valence-corrected chi connectivity index (χ1v) is 10.3. The number of aliphatic hydroxyl groups is 1. The highest BCUT2D eigenvalue weighted by Crippen LogP contribution is 2.29. The van der Waals surface area contributed by atoms with Gasteiger partial charge in [0.15, 0.2) is 5.65 Å². The summed E-state index contributed by atoms with van der Waals surface area (Å²) < 4.78 is 37.7. The zero-order valence-corrected chi connectivity index (χ0v) is 18.9. The van der Waals surface area contributed by atoms with E-state index in [-0.39, 0.29) is 18.9 Å². The summed E-state index contributed by atoms with van der Waals surface area (Å²) in [4.78, 5) is 16.6. The summed E-state index contributed by atoms with van der Waals surface area (Å²) in [6, 6.07) is 7.71. The Hall–Kier alpha value is -3.47. The van der Waals surface area contributed by atoms with Crippen LogP contribution in [0.3, 0.4) is 0 Å². The van der Waals surface area contributed by atoms with Crippen molar-refractivity contribution in [2.24, 2.45) is 0 Å². The molecule has 0 saturated heterocycles. The number of nitrogens with one attached hydrogen (secondary N) is 2. The molecule has 0 spiro atoms. The van der Waals surface area contributed by atoms with Crippen LogP contribution in [0.5, 0.6) is 5.75 Å². The second kappa shape index (κ2) is 9.57. The van der Waals surface area contributed by atoms with Crippen LogP contribution in [0.2, 0.25) is 0 Å². The number of nitrogens with zero attached hydrogens (tertiary/aromatic N) is 3. The molecule has 0 unspecified atom stereocenters. The van der Waals surface area contributed by atoms with E-state index >= 15 is 0 Å². The van der Waals surface area contributed by atoms with Gasteiger partial charge in [0.1, 0.15) is 11.4 Å². The number of fused-ring (bicyclic) bond motifs is 1. The first-order chi connectivity index (χ1) is 15.5. The van der Waals surface area contributed by atoms with Crippen molar-refractivity contribution in [2.75, 3.05) is 18.5 Å². The number of aliphatic hydroxyl groups excluding tert-OH is 1. The van der Waals surface area contributed by atoms with Crippen molar-refractivity contribution in [1.82, 2.24) is 20.1 Å². The molecule has 3 rings (SSSR count). The van der Waals surface area contributed by atoms with Gasteiger partial charge in [-0.3, -0.25) is 0 Å². The molecule has 0 aliphatic rings. The summed E-state index contributed by atoms with van der Waals surface area (Å²) in [6.07, 6.45) is -2.31. The van der Waals surface area contributed by atoms with E-state index < -0.39 is 17.8 Å². The lowest BCUT2D eigenvalue weighted by molar-refractivity contribution is -0.158. The van der Waals surface area contributed by atoms with E-state index in [1.807, 2.05) is 0 Å². The minimum absolute atomic E-state index is 0.00721. The van der Waals surface area contributed by atoms with Gasteiger partial charge in [-0.15, -0.1) is 0 Å². The van der Waals surface area contributed by atoms with Crippen LogP contribution in [-0.2, 0) is 11.3 Å². The van der Waals surface area contributed by atoms with Crippen LogP contribution in [-0.4, -0.2) is 50.8 Å². The van der Waals surface area contributed by atoms with Crippen molar-refractivity contribution in [2.45, 2.75) is 45.9 Å². The van der Waals surface area contributed by atoms with Crippen molar-refractivity contribution in [1.29, 1.82) is 0 Å². The molecule has 178 valence electrons. The minimum Gasteiger partial charge on any atom is -0.444 e. The molecule has 0 aliphatic carbocycles. The molecule has 0 aliphatic heterocycles. The standard InChI is InChI=1S/C22H27F2N5O4/c1-21(2,3)33-20(31)27-13-17-18-16(25-11-12-30)9-10-26-19(18)29(28-17)14-5-7-15(8-6-14)32-22(4,23)24/h5-10,30H,11-13H2,1-4H3,(H,25,26)(H,27,31). The highest BCUT2D eigenvalue weighted by molar-refractivity contribution is 5.92. The quantitative estimate of drug-likeness (QED) is 0.466. The molecule has 0 radical (unpaired) electrons. The topological polar surface area (TPSA) is 111 Å². The minimum atomic E-state index is -3.30. The Labute approximate surface area is 189 Å². The second-order valence-electron chi connectivity index (χ2n) is 8.33. The predicted octanol–water partition coefficient (Wildman–Crippen LogP) is 3.84. The summed E-state index contributed by atoms with van der Waals surface area (Å²) in [5.41, 5.74) is 1.56. The number of rotatable bonds is 8. The van der Waals surface area contributed by atoms with Gasteiger partial charge >= 0.3 is 12.2 Å². The molecule has 1 aromatic carbocycles. The van der Waals surface area contributed by atoms with Gasteiger partial charge in [0.2, 0.25) is 0 Å². The fourth-order valence-corrected chi connectivity index (χ4v) is 3.09. The number of aromatic nitrogens is 3. The number of pyridine rings is 1. The summed E-state index contributed by atoms with van der Waals surface area (Å²) in [5.74, 6) is 0.00721. The van der Waals surface area contributed by atoms with Crippen LogP contribution in [0.25, 0.3) is 16.7 Å². The second-order valence-corrected chi connectivity index (χ2v) is 8.33. The molecule has 2 heterocycles. The zero-order chi connectivity index (χ0) is 24.2. The van der Waals surface area contributed by atoms with E-state index in [2.05, 4.69) is 25.5 Å². The largest absolute Gasteiger partial charge is 0.444 e. The molecule has 0 saturated carbocycles. The lowest BCUT2D eigenvalue weighted by Gasteiger charge is -2.19. The molecule has 2 aromatic heterocycles. The van der Waals surface area contributed by atoms with Gasteiger partial charge in [0.25, 0.3) is 0 Å². The number of amides is 1. The van der Waals surface area contributed by atoms with Crippen LogP contribution in [0.4, 0.5) is 19.3 Å². The van der Waals surface area contributed by atoms with Gasteiger partial charge in [-0.05, 0) is 51.1 Å². The smallest absolute Gasteiger partial charge is 0.407 e. The lowest BCUT2D eigenvalue weighted by atomic mass is 10.2. The number of halogens is 2. The Bertz CT molecular complexity index is 1100. The van der Waals surface area contributed by atoms with E-state index in [0.29, 0.717) is 41.6 Å². The normalized spacial score (nSPS) is 12.0. The molecule has 1 amide bonds. The molecule has 3 aromatic rings. The number of benzene rings is 1. The number of carbonyl (C=O) groups excluding carboxylic acids is 1. The summed E-state index contributed by atoms with van der Waals surface area (Å²) in [6.45, 7) is 6.24. The van der Waals surface area contributed by atoms with Gasteiger partial charge < -0.3 is 25.2 Å². The molecular formula is C22H27F2N5O4. The predicted molar refractivity (Wildman–Crippen MR) is 119 cm³/mol. The number of anilines is 1. The maximum absolute atomic E-state index is 13.1. The van der Waals surface area contributed by atoms with Crippen molar-refractivity contribution < 1.29 is 28.2 Å². The first kappa shape index (κ1) is 24.2. The van der Waals surface area contributed by atoms with Gasteiger partial charge in [-0.1, -0.05) is 0 Å². The van der Waals surface area contributed by atoms with Gasteiger partial charge in [0, 0.05) is 25.4 Å². The average molecular weight is 463 g/mol. The fourth-order valence-electron chi connectivity index (χ4n) is 3.09. The van der Waals surface area contributed by atoms with Gasteiger partial charge in [0.05, 0.1) is 29.9 Å². The molecule has 0 bridgehead atoms. The molecule has 0 atom stereocenters. The molecule has 9 nitrogen and oxygen atoms in total. The van der Waals surface area contributed by atoms with E-state index in [1.165, 1.54) is 12.1 Å². The lowest BCUT2D eigenvalue weighted by Crippen LogP contribution is -2.32. The third-order valence-electron chi connectivity index (χ3n) is 4.25. The van der Waals surface area contributed by atoms with Crippen molar-refractivity contribution in [3.63, 3.8) is 0 Å². The third kappa shape index (κ3) is 6.51. The number of hydrogen-bond donors (Lipinski definition) is 3. The number of hydrogen-bond acceptors (Lipinski definition) is 7. The number of alkyl halides is 2. The van der Waals surface area contributed by atoms with Gasteiger partial charge in [-0.2, -0.15) is 13.9 Å². The van der Waals surface area contributed by atoms with Crippen LogP contribution in [0.1, 0.15) is 33.4 Å². The molecular weight excluding hydrogens is 436 g/mol. The monoisotopic (exact) mass is 463 g/mol. The van der Waals surface area contributed by atoms with E-state index in [1.54, 1.807) is 49.8 Å². The van der Waals surface area contributed by atoms with Crippen LogP contribution < -0.4 is 15.4 Å². The molecule has 3 N–H and O–H groups in total. The Kier molecular flexibility index (Phi) is 7.01. The van der Waals surface area contributed by atoms with E-state index in [4.69, 9.17) is 4.74 Å². The highest BCUT2D eigenvalue weighted by atomic mass is 19.3. The summed E-state index contributed by atoms with van der Waals surface area (Å²) in [7, 11) is 0. The number of ether oxygens (including phenoxy) is 2. The van der Waals surface area contributed by atoms with Crippen LogP contribution in [0.15, 0.2) is 36.5 Å². The van der Waals surface area contributed by atoms with Crippen LogP contribution >= 0.6 is 0 Å². The maximum Gasteiger partial charge on any atom is 0.407 e. The average Bonchev–Trinajstić information content (AvgIpc) is 3.08. The zero-order valence-electron chi connectivity index (χ0n) is 18.9. The third-order valence-corrected chi connectivity index (χ3v) is 4.25. The fraction of sp³-hybridized carbons (Fsp3) is 0.409. The Balaban J connectivity index is 1.97. The van der Waals surface area contributed by atoms with Crippen molar-refractivity contribution in [3.8, 4) is 11.4 Å². The van der Waals surface area contributed by atoms with E-state index in [9.17, 15) is 18.7 Å². The van der Waals surface area contributed by atoms with E-state index in [0.717, 1.165) is 0 Å². The Morgan fingerprint density at radius 2 is 1.85 bits per heavy atom.